The van der Waals surface area contributed by atoms with Gasteiger partial charge in [0.1, 0.15) is 5.82 Å². The summed E-state index contributed by atoms with van der Waals surface area (Å²) < 4.78 is 26.1. The fourth-order valence-electron chi connectivity index (χ4n) is 1.93. The summed E-state index contributed by atoms with van der Waals surface area (Å²) in [5.74, 6) is -1.04. The van der Waals surface area contributed by atoms with Gasteiger partial charge >= 0.3 is 0 Å². The van der Waals surface area contributed by atoms with Crippen molar-refractivity contribution in [2.24, 2.45) is 0 Å². The van der Waals surface area contributed by atoms with Crippen molar-refractivity contribution in [2.75, 3.05) is 0 Å². The Labute approximate surface area is 102 Å². The molecule has 1 N–H and O–H groups in total. The van der Waals surface area contributed by atoms with Crippen LogP contribution in [0.25, 0.3) is 11.0 Å². The maximum absolute atomic E-state index is 13.1. The lowest BCUT2D eigenvalue weighted by molar-refractivity contribution is 0.510. The van der Waals surface area contributed by atoms with Crippen molar-refractivity contribution in [3.8, 4) is 0 Å². The summed E-state index contributed by atoms with van der Waals surface area (Å²) in [4.78, 5) is 7.24. The molecule has 0 atom stereocenters. The van der Waals surface area contributed by atoms with Gasteiger partial charge in [0, 0.05) is 18.6 Å². The highest BCUT2D eigenvalue weighted by atomic mass is 19.2. The van der Waals surface area contributed by atoms with E-state index in [1.165, 1.54) is 0 Å². The monoisotopic (exact) mass is 244 g/mol. The minimum absolute atomic E-state index is 0.444. The van der Waals surface area contributed by atoms with E-state index in [1.807, 2.05) is 30.3 Å². The van der Waals surface area contributed by atoms with E-state index in [0.29, 0.717) is 23.3 Å². The molecule has 1 aromatic heterocycles. The largest absolute Gasteiger partial charge is 0.342 e. The molecule has 0 saturated carbocycles. The smallest absolute Gasteiger partial charge is 0.161 e. The van der Waals surface area contributed by atoms with E-state index in [9.17, 15) is 8.78 Å². The number of benzene rings is 2. The van der Waals surface area contributed by atoms with Crippen LogP contribution in [0.15, 0.2) is 42.5 Å². The molecule has 2 nitrogen and oxygen atoms in total. The van der Waals surface area contributed by atoms with Crippen molar-refractivity contribution in [3.05, 3.63) is 65.5 Å². The van der Waals surface area contributed by atoms with Gasteiger partial charge in [-0.05, 0) is 5.56 Å². The Morgan fingerprint density at radius 1 is 1.00 bits per heavy atom. The highest BCUT2D eigenvalue weighted by Crippen LogP contribution is 2.17. The predicted octanol–water partition coefficient (Wildman–Crippen LogP) is 3.43. The minimum Gasteiger partial charge on any atom is -0.342 e. The van der Waals surface area contributed by atoms with E-state index < -0.39 is 11.6 Å². The fraction of sp³-hybridized carbons (Fsp3) is 0.0714. The van der Waals surface area contributed by atoms with E-state index in [2.05, 4.69) is 9.97 Å². The van der Waals surface area contributed by atoms with Crippen molar-refractivity contribution in [1.29, 1.82) is 0 Å². The Morgan fingerprint density at radius 3 is 2.50 bits per heavy atom. The molecule has 0 radical (unpaired) electrons. The molecule has 3 aromatic rings. The van der Waals surface area contributed by atoms with Crippen LogP contribution >= 0.6 is 0 Å². The van der Waals surface area contributed by atoms with Gasteiger partial charge in [-0.2, -0.15) is 0 Å². The third-order valence-electron chi connectivity index (χ3n) is 2.79. The van der Waals surface area contributed by atoms with E-state index in [-0.39, 0.29) is 0 Å². The maximum atomic E-state index is 13.1. The second-order valence-corrected chi connectivity index (χ2v) is 4.13. The molecule has 3 rings (SSSR count). The summed E-state index contributed by atoms with van der Waals surface area (Å²) in [7, 11) is 0. The van der Waals surface area contributed by atoms with Crippen LogP contribution in [0, 0.1) is 11.6 Å². The van der Waals surface area contributed by atoms with Crippen LogP contribution in [0.5, 0.6) is 0 Å². The molecule has 1 heterocycles. The molecule has 0 aliphatic heterocycles. The first-order chi connectivity index (χ1) is 8.72. The molecule has 90 valence electrons. The van der Waals surface area contributed by atoms with Crippen LogP contribution in [-0.2, 0) is 6.42 Å². The molecular formula is C14H10F2N2. The van der Waals surface area contributed by atoms with Crippen LogP contribution < -0.4 is 0 Å². The highest BCUT2D eigenvalue weighted by Gasteiger charge is 2.08. The van der Waals surface area contributed by atoms with Crippen molar-refractivity contribution in [2.45, 2.75) is 6.42 Å². The van der Waals surface area contributed by atoms with Gasteiger partial charge in [-0.15, -0.1) is 0 Å². The van der Waals surface area contributed by atoms with Crippen molar-refractivity contribution in [3.63, 3.8) is 0 Å². The highest BCUT2D eigenvalue weighted by molar-refractivity contribution is 5.75. The molecule has 0 saturated heterocycles. The molecule has 0 unspecified atom stereocenters. The summed E-state index contributed by atoms with van der Waals surface area (Å²) in [5.41, 5.74) is 2.05. The zero-order valence-corrected chi connectivity index (χ0v) is 9.45. The zero-order valence-electron chi connectivity index (χ0n) is 9.45. The molecule has 4 heteroatoms. The van der Waals surface area contributed by atoms with Crippen LogP contribution in [0.2, 0.25) is 0 Å². The number of rotatable bonds is 2. The number of nitrogens with zero attached hydrogens (tertiary/aromatic N) is 1. The van der Waals surface area contributed by atoms with Gasteiger partial charge in [0.15, 0.2) is 11.6 Å². The second-order valence-electron chi connectivity index (χ2n) is 4.13. The van der Waals surface area contributed by atoms with Crippen LogP contribution in [-0.4, -0.2) is 9.97 Å². The van der Waals surface area contributed by atoms with Crippen molar-refractivity contribution < 1.29 is 8.78 Å². The topological polar surface area (TPSA) is 28.7 Å². The third kappa shape index (κ3) is 1.97. The Balaban J connectivity index is 1.99. The van der Waals surface area contributed by atoms with Crippen molar-refractivity contribution >= 4 is 11.0 Å². The summed E-state index contributed by atoms with van der Waals surface area (Å²) in [6.45, 7) is 0. The maximum Gasteiger partial charge on any atom is 0.161 e. The van der Waals surface area contributed by atoms with E-state index in [1.54, 1.807) is 0 Å². The van der Waals surface area contributed by atoms with E-state index in [4.69, 9.17) is 0 Å². The molecule has 18 heavy (non-hydrogen) atoms. The summed E-state index contributed by atoms with van der Waals surface area (Å²) in [5, 5.41) is 0. The number of hydrogen-bond acceptors (Lipinski definition) is 1. The molecule has 0 amide bonds. The summed E-state index contributed by atoms with van der Waals surface area (Å²) >= 11 is 0. The SMILES string of the molecule is Fc1cc2nc(Cc3ccccc3)[nH]c2cc1F. The Morgan fingerprint density at radius 2 is 1.72 bits per heavy atom. The van der Waals surface area contributed by atoms with Gasteiger partial charge in [-0.1, -0.05) is 30.3 Å². The standard InChI is InChI=1S/C14H10F2N2/c15-10-7-12-13(8-11(10)16)18-14(17-12)6-9-4-2-1-3-5-9/h1-5,7-8H,6H2,(H,17,18). The lowest BCUT2D eigenvalue weighted by atomic mass is 10.1. The quantitative estimate of drug-likeness (QED) is 0.735. The van der Waals surface area contributed by atoms with Crippen LogP contribution in [0.1, 0.15) is 11.4 Å². The zero-order chi connectivity index (χ0) is 12.5. The average Bonchev–Trinajstić information content (AvgIpc) is 2.72. The molecule has 2 aromatic carbocycles. The normalized spacial score (nSPS) is 11.0. The lowest BCUT2D eigenvalue weighted by Crippen LogP contribution is -1.89. The van der Waals surface area contributed by atoms with Gasteiger partial charge in [0.2, 0.25) is 0 Å². The number of H-pyrrole nitrogens is 1. The Kier molecular flexibility index (Phi) is 2.55. The molecule has 0 aliphatic carbocycles. The van der Waals surface area contributed by atoms with Gasteiger partial charge in [0.25, 0.3) is 0 Å². The van der Waals surface area contributed by atoms with Gasteiger partial charge in [0.05, 0.1) is 11.0 Å². The number of nitrogens with one attached hydrogen (secondary N) is 1. The first-order valence-electron chi connectivity index (χ1n) is 5.60. The lowest BCUT2D eigenvalue weighted by Gasteiger charge is -1.96. The van der Waals surface area contributed by atoms with Crippen LogP contribution in [0.4, 0.5) is 8.78 Å². The first kappa shape index (κ1) is 10.9. The number of fused-ring (bicyclic) bond motifs is 1. The van der Waals surface area contributed by atoms with Crippen molar-refractivity contribution in [1.82, 2.24) is 9.97 Å². The molecular weight excluding hydrogens is 234 g/mol. The van der Waals surface area contributed by atoms with Gasteiger partial charge in [-0.25, -0.2) is 13.8 Å². The van der Waals surface area contributed by atoms with E-state index >= 15 is 0 Å². The van der Waals surface area contributed by atoms with Crippen LogP contribution in [0.3, 0.4) is 0 Å². The number of aromatic amines is 1. The Bertz CT molecular complexity index is 651. The molecule has 0 fully saturated rings. The summed E-state index contributed by atoms with van der Waals surface area (Å²) in [6, 6.07) is 12.0. The third-order valence-corrected chi connectivity index (χ3v) is 2.79. The van der Waals surface area contributed by atoms with Gasteiger partial charge < -0.3 is 4.98 Å². The fourth-order valence-corrected chi connectivity index (χ4v) is 1.93. The number of hydrogen-bond donors (Lipinski definition) is 1. The summed E-state index contributed by atoms with van der Waals surface area (Å²) in [6.07, 6.45) is 0.610. The molecule has 0 bridgehead atoms. The molecule has 0 aliphatic rings. The first-order valence-corrected chi connectivity index (χ1v) is 5.60. The number of halogens is 2. The minimum atomic E-state index is -0.875. The van der Waals surface area contributed by atoms with E-state index in [0.717, 1.165) is 17.7 Å². The predicted molar refractivity (Wildman–Crippen MR) is 65.3 cm³/mol. The second kappa shape index (κ2) is 4.22. The number of imidazole rings is 1. The van der Waals surface area contributed by atoms with Gasteiger partial charge in [-0.3, -0.25) is 0 Å². The average molecular weight is 244 g/mol. The molecule has 0 spiro atoms. The Hall–Kier alpha value is -2.23. The number of aromatic nitrogens is 2.